The van der Waals surface area contributed by atoms with Crippen molar-refractivity contribution in [2.75, 3.05) is 0 Å². The quantitative estimate of drug-likeness (QED) is 0.352. The van der Waals surface area contributed by atoms with Crippen molar-refractivity contribution in [2.24, 2.45) is 0 Å². The molecular formula is C24H21O4P. The average Bonchev–Trinajstić information content (AvgIpc) is 2.75. The summed E-state index contributed by atoms with van der Waals surface area (Å²) in [6.07, 6.45) is 5.12. The van der Waals surface area contributed by atoms with Gasteiger partial charge in [0.15, 0.2) is 0 Å². The van der Waals surface area contributed by atoms with Gasteiger partial charge in [-0.25, -0.2) is 0 Å². The van der Waals surface area contributed by atoms with Gasteiger partial charge in [-0.15, -0.1) is 0 Å². The second kappa shape index (κ2) is 9.13. The third-order valence-electron chi connectivity index (χ3n) is 4.00. The minimum atomic E-state index is -4.03. The molecule has 0 N–H and O–H groups in total. The summed E-state index contributed by atoms with van der Waals surface area (Å²) >= 11 is 0. The number of phosphoric ester groups is 1. The third kappa shape index (κ3) is 5.50. The Morgan fingerprint density at radius 2 is 0.759 bits per heavy atom. The number of phosphoric acid groups is 1. The van der Waals surface area contributed by atoms with Gasteiger partial charge in [0, 0.05) is 0 Å². The number of benzene rings is 3. The number of hydrogen-bond acceptors (Lipinski definition) is 4. The van der Waals surface area contributed by atoms with Crippen molar-refractivity contribution < 1.29 is 18.1 Å². The molecule has 0 atom stereocenters. The molecule has 0 radical (unpaired) electrons. The first-order chi connectivity index (χ1) is 14.0. The van der Waals surface area contributed by atoms with E-state index < -0.39 is 7.82 Å². The fraction of sp³-hybridized carbons (Fsp3) is 0. The lowest BCUT2D eigenvalue weighted by Gasteiger charge is -2.19. The summed E-state index contributed by atoms with van der Waals surface area (Å²) in [5.41, 5.74) is 2.73. The molecule has 3 aromatic rings. The first-order valence-corrected chi connectivity index (χ1v) is 10.4. The van der Waals surface area contributed by atoms with Gasteiger partial charge < -0.3 is 13.6 Å². The Balaban J connectivity index is 1.88. The summed E-state index contributed by atoms with van der Waals surface area (Å²) in [4.78, 5) is 0. The average molecular weight is 404 g/mol. The topological polar surface area (TPSA) is 44.8 Å². The van der Waals surface area contributed by atoms with Gasteiger partial charge in [-0.1, -0.05) is 74.4 Å². The lowest BCUT2D eigenvalue weighted by atomic mass is 10.2. The van der Waals surface area contributed by atoms with Crippen LogP contribution in [-0.2, 0) is 4.57 Å². The van der Waals surface area contributed by atoms with Crippen LogP contribution in [0.3, 0.4) is 0 Å². The van der Waals surface area contributed by atoms with E-state index in [0.717, 1.165) is 16.7 Å². The summed E-state index contributed by atoms with van der Waals surface area (Å²) < 4.78 is 30.4. The Morgan fingerprint density at radius 1 is 0.517 bits per heavy atom. The standard InChI is InChI=1S/C24H21O4P/c1-4-19-7-13-22(14-8-19)26-29(25,27-23-15-9-20(5-2)10-16-23)28-24-17-11-21(6-3)12-18-24/h4-18H,1-3H2. The van der Waals surface area contributed by atoms with Crippen LogP contribution in [0.25, 0.3) is 18.2 Å². The lowest BCUT2D eigenvalue weighted by molar-refractivity contribution is 0.298. The molecule has 0 aliphatic heterocycles. The highest BCUT2D eigenvalue weighted by molar-refractivity contribution is 7.49. The first-order valence-electron chi connectivity index (χ1n) is 8.90. The summed E-state index contributed by atoms with van der Waals surface area (Å²) in [6.45, 7) is 11.1. The maximum Gasteiger partial charge on any atom is 0.647 e. The van der Waals surface area contributed by atoms with Crippen LogP contribution in [0.1, 0.15) is 16.7 Å². The van der Waals surface area contributed by atoms with Crippen molar-refractivity contribution in [3.8, 4) is 17.2 Å². The normalized spacial score (nSPS) is 10.6. The van der Waals surface area contributed by atoms with Crippen LogP contribution >= 0.6 is 7.82 Å². The fourth-order valence-electron chi connectivity index (χ4n) is 2.44. The molecule has 146 valence electrons. The molecule has 0 aliphatic rings. The van der Waals surface area contributed by atoms with E-state index in [0.29, 0.717) is 17.2 Å². The summed E-state index contributed by atoms with van der Waals surface area (Å²) in [6, 6.07) is 20.8. The summed E-state index contributed by atoms with van der Waals surface area (Å²) in [7, 11) is -4.03. The van der Waals surface area contributed by atoms with E-state index in [-0.39, 0.29) is 0 Å². The monoisotopic (exact) mass is 404 g/mol. The van der Waals surface area contributed by atoms with Crippen molar-refractivity contribution in [2.45, 2.75) is 0 Å². The van der Waals surface area contributed by atoms with E-state index in [9.17, 15) is 4.57 Å². The highest BCUT2D eigenvalue weighted by atomic mass is 31.2. The minimum absolute atomic E-state index is 0.351. The third-order valence-corrected chi connectivity index (χ3v) is 5.30. The van der Waals surface area contributed by atoms with Crippen LogP contribution in [0.4, 0.5) is 0 Å². The number of hydrogen-bond donors (Lipinski definition) is 0. The molecule has 0 heterocycles. The maximum absolute atomic E-state index is 13.5. The Labute approximate surface area is 171 Å². The highest BCUT2D eigenvalue weighted by Gasteiger charge is 2.33. The molecular weight excluding hydrogens is 383 g/mol. The van der Waals surface area contributed by atoms with Gasteiger partial charge in [-0.3, -0.25) is 0 Å². The van der Waals surface area contributed by atoms with Crippen molar-refractivity contribution in [3.63, 3.8) is 0 Å². The molecule has 0 spiro atoms. The van der Waals surface area contributed by atoms with E-state index in [2.05, 4.69) is 19.7 Å². The second-order valence-electron chi connectivity index (χ2n) is 6.04. The molecule has 0 saturated heterocycles. The Bertz CT molecular complexity index is 899. The zero-order valence-corrected chi connectivity index (χ0v) is 16.8. The molecule has 5 heteroatoms. The van der Waals surface area contributed by atoms with Crippen LogP contribution in [0.5, 0.6) is 17.2 Å². The lowest BCUT2D eigenvalue weighted by Crippen LogP contribution is -2.07. The molecule has 0 aromatic heterocycles. The Morgan fingerprint density at radius 3 is 0.966 bits per heavy atom. The van der Waals surface area contributed by atoms with E-state index in [1.54, 1.807) is 91.0 Å². The van der Waals surface area contributed by atoms with Gasteiger partial charge in [0.2, 0.25) is 0 Å². The van der Waals surface area contributed by atoms with Gasteiger partial charge in [-0.2, -0.15) is 4.57 Å². The van der Waals surface area contributed by atoms with E-state index in [4.69, 9.17) is 13.6 Å². The van der Waals surface area contributed by atoms with Gasteiger partial charge in [0.25, 0.3) is 0 Å². The van der Waals surface area contributed by atoms with Crippen LogP contribution in [-0.4, -0.2) is 0 Å². The maximum atomic E-state index is 13.5. The van der Waals surface area contributed by atoms with Gasteiger partial charge in [0.05, 0.1) is 0 Å². The molecule has 29 heavy (non-hydrogen) atoms. The SMILES string of the molecule is C=Cc1ccc(OP(=O)(Oc2ccc(C=C)cc2)Oc2ccc(C=C)cc2)cc1. The van der Waals surface area contributed by atoms with Crippen molar-refractivity contribution in [1.29, 1.82) is 0 Å². The largest absolute Gasteiger partial charge is 0.647 e. The molecule has 0 bridgehead atoms. The first kappa shape index (κ1) is 20.2. The fourth-order valence-corrected chi connectivity index (χ4v) is 3.69. The zero-order chi connectivity index (χ0) is 20.7. The Hall–Kier alpha value is -3.49. The number of rotatable bonds is 9. The van der Waals surface area contributed by atoms with Crippen LogP contribution in [0.15, 0.2) is 92.5 Å². The highest BCUT2D eigenvalue weighted by Crippen LogP contribution is 2.49. The van der Waals surface area contributed by atoms with Crippen molar-refractivity contribution in [1.82, 2.24) is 0 Å². The zero-order valence-electron chi connectivity index (χ0n) is 15.9. The molecule has 4 nitrogen and oxygen atoms in total. The predicted molar refractivity (Wildman–Crippen MR) is 119 cm³/mol. The predicted octanol–water partition coefficient (Wildman–Crippen LogP) is 7.26. The molecule has 3 rings (SSSR count). The molecule has 0 fully saturated rings. The molecule has 0 saturated carbocycles. The van der Waals surface area contributed by atoms with E-state index in [1.165, 1.54) is 0 Å². The summed E-state index contributed by atoms with van der Waals surface area (Å²) in [5.74, 6) is 1.05. The Kier molecular flexibility index (Phi) is 6.38. The minimum Gasteiger partial charge on any atom is -0.386 e. The second-order valence-corrected chi connectivity index (χ2v) is 7.48. The van der Waals surface area contributed by atoms with Gasteiger partial charge in [-0.05, 0) is 53.1 Å². The van der Waals surface area contributed by atoms with Crippen LogP contribution in [0, 0.1) is 0 Å². The van der Waals surface area contributed by atoms with Crippen molar-refractivity contribution in [3.05, 3.63) is 109 Å². The van der Waals surface area contributed by atoms with Crippen molar-refractivity contribution >= 4 is 26.1 Å². The molecule has 0 aliphatic carbocycles. The van der Waals surface area contributed by atoms with Crippen LogP contribution < -0.4 is 13.6 Å². The molecule has 0 unspecified atom stereocenters. The smallest absolute Gasteiger partial charge is 0.386 e. The van der Waals surface area contributed by atoms with Crippen LogP contribution in [0.2, 0.25) is 0 Å². The van der Waals surface area contributed by atoms with E-state index >= 15 is 0 Å². The summed E-state index contributed by atoms with van der Waals surface area (Å²) in [5, 5.41) is 0. The van der Waals surface area contributed by atoms with Gasteiger partial charge in [0.1, 0.15) is 17.2 Å². The van der Waals surface area contributed by atoms with E-state index in [1.807, 2.05) is 0 Å². The molecule has 3 aromatic carbocycles. The van der Waals surface area contributed by atoms with Gasteiger partial charge >= 0.3 is 7.82 Å². The molecule has 0 amide bonds.